The highest BCUT2D eigenvalue weighted by molar-refractivity contribution is 5.83. The van der Waals surface area contributed by atoms with Gasteiger partial charge in [0.05, 0.1) is 6.20 Å². The number of hydrogen-bond acceptors (Lipinski definition) is 4. The zero-order valence-electron chi connectivity index (χ0n) is 16.0. The molecule has 5 nitrogen and oxygen atoms in total. The average molecular weight is 361 g/mol. The van der Waals surface area contributed by atoms with E-state index in [1.165, 1.54) is 35.9 Å². The molecule has 0 radical (unpaired) electrons. The molecule has 5 heterocycles. The van der Waals surface area contributed by atoms with Crippen LogP contribution >= 0.6 is 0 Å². The summed E-state index contributed by atoms with van der Waals surface area (Å²) in [7, 11) is 0. The second-order valence-electron chi connectivity index (χ2n) is 7.95. The summed E-state index contributed by atoms with van der Waals surface area (Å²) in [4.78, 5) is 14.0. The first-order valence-corrected chi connectivity index (χ1v) is 10.1. The average Bonchev–Trinajstić information content (AvgIpc) is 2.92. The van der Waals surface area contributed by atoms with Gasteiger partial charge in [-0.05, 0) is 43.4 Å². The monoisotopic (exact) mass is 361 g/mol. The van der Waals surface area contributed by atoms with Gasteiger partial charge in [-0.3, -0.25) is 9.88 Å². The molecular formula is C22H27N5. The van der Waals surface area contributed by atoms with E-state index in [9.17, 15) is 0 Å². The van der Waals surface area contributed by atoms with Crippen molar-refractivity contribution in [1.82, 2.24) is 19.4 Å². The Morgan fingerprint density at radius 3 is 2.89 bits per heavy atom. The van der Waals surface area contributed by atoms with E-state index < -0.39 is 0 Å². The Morgan fingerprint density at radius 2 is 2.04 bits per heavy atom. The Balaban J connectivity index is 1.40. The minimum absolute atomic E-state index is 0.592. The van der Waals surface area contributed by atoms with E-state index >= 15 is 0 Å². The number of piperidine rings is 1. The minimum Gasteiger partial charge on any atom is -0.353 e. The van der Waals surface area contributed by atoms with Crippen molar-refractivity contribution in [2.45, 2.75) is 38.9 Å². The van der Waals surface area contributed by atoms with Gasteiger partial charge >= 0.3 is 0 Å². The molecule has 1 aromatic carbocycles. The molecule has 3 saturated heterocycles. The predicted octanol–water partition coefficient (Wildman–Crippen LogP) is 3.55. The standard InChI is InChI=1S/C22H27N5/c1-2-25-11-8-20-18(4-3-5-21(20)25)15-26-13-17-6-7-19(26)16-27(14-17)22-12-23-9-10-24-22/h3-5,8-12,17,19H,2,6-7,13-16H2,1H3/t17-,19-/m1/s1. The second kappa shape index (κ2) is 6.97. The van der Waals surface area contributed by atoms with Crippen LogP contribution < -0.4 is 4.90 Å². The number of aromatic nitrogens is 3. The number of anilines is 1. The summed E-state index contributed by atoms with van der Waals surface area (Å²) < 4.78 is 2.34. The van der Waals surface area contributed by atoms with Gasteiger partial charge in [-0.25, -0.2) is 4.98 Å². The van der Waals surface area contributed by atoms with Crippen LogP contribution in [0.3, 0.4) is 0 Å². The molecule has 0 unspecified atom stereocenters. The van der Waals surface area contributed by atoms with Crippen molar-refractivity contribution in [2.24, 2.45) is 5.92 Å². The largest absolute Gasteiger partial charge is 0.353 e. The Hall–Kier alpha value is -2.40. The molecule has 5 heteroatoms. The lowest BCUT2D eigenvalue weighted by molar-refractivity contribution is 0.127. The summed E-state index contributed by atoms with van der Waals surface area (Å²) in [6.07, 6.45) is 10.3. The quantitative estimate of drug-likeness (QED) is 0.712. The molecule has 0 aliphatic carbocycles. The fourth-order valence-electron chi connectivity index (χ4n) is 4.93. The highest BCUT2D eigenvalue weighted by Gasteiger charge is 2.35. The van der Waals surface area contributed by atoms with Gasteiger partial charge < -0.3 is 9.47 Å². The zero-order valence-corrected chi connectivity index (χ0v) is 16.0. The Bertz CT molecular complexity index is 919. The van der Waals surface area contributed by atoms with E-state index in [1.807, 2.05) is 6.20 Å². The number of fused-ring (bicyclic) bond motifs is 5. The molecule has 0 spiro atoms. The van der Waals surface area contributed by atoms with E-state index in [0.29, 0.717) is 12.0 Å². The van der Waals surface area contributed by atoms with Gasteiger partial charge in [-0.15, -0.1) is 0 Å². The lowest BCUT2D eigenvalue weighted by atomic mass is 9.94. The number of benzene rings is 1. The van der Waals surface area contributed by atoms with E-state index in [2.05, 4.69) is 61.7 Å². The molecule has 2 aromatic heterocycles. The van der Waals surface area contributed by atoms with Crippen LogP contribution in [0.5, 0.6) is 0 Å². The van der Waals surface area contributed by atoms with Gasteiger partial charge in [0, 0.05) is 68.3 Å². The predicted molar refractivity (Wildman–Crippen MR) is 109 cm³/mol. The topological polar surface area (TPSA) is 37.2 Å². The normalized spacial score (nSPS) is 23.1. The molecule has 140 valence electrons. The van der Waals surface area contributed by atoms with Gasteiger partial charge in [0.1, 0.15) is 5.82 Å². The Kier molecular flexibility index (Phi) is 4.32. The van der Waals surface area contributed by atoms with Crippen LogP contribution in [0.2, 0.25) is 0 Å². The fraction of sp³-hybridized carbons (Fsp3) is 0.455. The Morgan fingerprint density at radius 1 is 1.07 bits per heavy atom. The van der Waals surface area contributed by atoms with Crippen LogP contribution in [0.4, 0.5) is 5.82 Å². The third kappa shape index (κ3) is 3.10. The summed E-state index contributed by atoms with van der Waals surface area (Å²) in [5.74, 6) is 1.74. The molecule has 27 heavy (non-hydrogen) atoms. The first-order valence-electron chi connectivity index (χ1n) is 10.1. The maximum atomic E-state index is 4.54. The van der Waals surface area contributed by atoms with Gasteiger partial charge in [0.25, 0.3) is 0 Å². The molecule has 3 fully saturated rings. The van der Waals surface area contributed by atoms with Crippen LogP contribution in [0.15, 0.2) is 49.1 Å². The van der Waals surface area contributed by atoms with Gasteiger partial charge in [-0.2, -0.15) is 0 Å². The van der Waals surface area contributed by atoms with Crippen LogP contribution in [0.25, 0.3) is 10.9 Å². The van der Waals surface area contributed by atoms with E-state index in [0.717, 1.165) is 32.0 Å². The van der Waals surface area contributed by atoms with Crippen molar-refractivity contribution >= 4 is 16.7 Å². The second-order valence-corrected chi connectivity index (χ2v) is 7.95. The highest BCUT2D eigenvalue weighted by Crippen LogP contribution is 2.32. The van der Waals surface area contributed by atoms with E-state index in [-0.39, 0.29) is 0 Å². The summed E-state index contributed by atoms with van der Waals surface area (Å²) >= 11 is 0. The minimum atomic E-state index is 0.592. The van der Waals surface area contributed by atoms with Crippen LogP contribution in [-0.4, -0.2) is 45.1 Å². The van der Waals surface area contributed by atoms with Crippen molar-refractivity contribution in [3.8, 4) is 0 Å². The molecule has 0 saturated carbocycles. The van der Waals surface area contributed by atoms with Crippen molar-refractivity contribution in [1.29, 1.82) is 0 Å². The molecule has 2 atom stereocenters. The number of rotatable bonds is 4. The summed E-state index contributed by atoms with van der Waals surface area (Å²) in [5.41, 5.74) is 2.81. The number of aryl methyl sites for hydroxylation is 1. The molecule has 0 amide bonds. The number of hydrogen-bond donors (Lipinski definition) is 0. The maximum Gasteiger partial charge on any atom is 0.147 e. The molecule has 6 rings (SSSR count). The number of nitrogens with zero attached hydrogens (tertiary/aromatic N) is 5. The van der Waals surface area contributed by atoms with Crippen molar-refractivity contribution in [3.63, 3.8) is 0 Å². The summed E-state index contributed by atoms with van der Waals surface area (Å²) in [6, 6.07) is 9.64. The fourth-order valence-corrected chi connectivity index (χ4v) is 4.93. The SMILES string of the molecule is CCn1ccc2c(CN3C[C@H]4CC[C@@H]3CN(c3cnccn3)C4)cccc21. The smallest absolute Gasteiger partial charge is 0.147 e. The highest BCUT2D eigenvalue weighted by atomic mass is 15.3. The summed E-state index contributed by atoms with van der Waals surface area (Å²) in [5, 5.41) is 1.41. The van der Waals surface area contributed by atoms with E-state index in [4.69, 9.17) is 0 Å². The van der Waals surface area contributed by atoms with Crippen molar-refractivity contribution in [2.75, 3.05) is 24.5 Å². The molecule has 3 aliphatic rings. The van der Waals surface area contributed by atoms with Gasteiger partial charge in [0.2, 0.25) is 0 Å². The first kappa shape index (κ1) is 16.8. The molecule has 0 N–H and O–H groups in total. The van der Waals surface area contributed by atoms with Gasteiger partial charge in [0.15, 0.2) is 0 Å². The molecule has 3 aromatic rings. The lowest BCUT2D eigenvalue weighted by Crippen LogP contribution is -2.43. The van der Waals surface area contributed by atoms with E-state index in [1.54, 1.807) is 12.4 Å². The molecule has 3 aliphatic heterocycles. The van der Waals surface area contributed by atoms with Crippen LogP contribution in [-0.2, 0) is 13.1 Å². The van der Waals surface area contributed by atoms with Crippen molar-refractivity contribution in [3.05, 3.63) is 54.6 Å². The zero-order chi connectivity index (χ0) is 18.2. The molecular weight excluding hydrogens is 334 g/mol. The van der Waals surface area contributed by atoms with Crippen LogP contribution in [0.1, 0.15) is 25.3 Å². The Labute approximate surface area is 160 Å². The third-order valence-corrected chi connectivity index (χ3v) is 6.32. The van der Waals surface area contributed by atoms with Gasteiger partial charge in [-0.1, -0.05) is 12.1 Å². The summed E-state index contributed by atoms with van der Waals surface area (Å²) in [6.45, 7) is 7.62. The third-order valence-electron chi connectivity index (χ3n) is 6.32. The lowest BCUT2D eigenvalue weighted by Gasteiger charge is -2.36. The van der Waals surface area contributed by atoms with Crippen molar-refractivity contribution < 1.29 is 0 Å². The maximum absolute atomic E-state index is 4.54. The first-order chi connectivity index (χ1) is 13.3. The molecule has 2 bridgehead atoms. The van der Waals surface area contributed by atoms with Crippen LogP contribution in [0, 0.1) is 5.92 Å².